The van der Waals surface area contributed by atoms with Crippen molar-refractivity contribution in [3.05, 3.63) is 118 Å². The zero-order chi connectivity index (χ0) is 24.3. The van der Waals surface area contributed by atoms with Gasteiger partial charge >= 0.3 is 5.97 Å². The first kappa shape index (κ1) is 24.4. The van der Waals surface area contributed by atoms with Crippen LogP contribution in [-0.4, -0.2) is 36.9 Å². The Morgan fingerprint density at radius 3 is 1.94 bits per heavy atom. The Balaban J connectivity index is 1.55. The number of benzene rings is 3. The Morgan fingerprint density at radius 2 is 1.37 bits per heavy atom. The first-order valence-corrected chi connectivity index (χ1v) is 11.4. The number of rotatable bonds is 12. The van der Waals surface area contributed by atoms with Gasteiger partial charge in [-0.3, -0.25) is 0 Å². The highest BCUT2D eigenvalue weighted by Gasteiger charge is 2.59. The fourth-order valence-corrected chi connectivity index (χ4v) is 3.97. The summed E-state index contributed by atoms with van der Waals surface area (Å²) < 4.78 is 24.0. The Morgan fingerprint density at radius 1 is 0.829 bits per heavy atom. The predicted molar refractivity (Wildman–Crippen MR) is 129 cm³/mol. The summed E-state index contributed by atoms with van der Waals surface area (Å²) in [6.07, 6.45) is -1.58. The molecule has 1 fully saturated rings. The summed E-state index contributed by atoms with van der Waals surface area (Å²) in [5, 5.41) is 3.69. The van der Waals surface area contributed by atoms with Gasteiger partial charge in [-0.05, 0) is 22.2 Å². The van der Waals surface area contributed by atoms with Crippen molar-refractivity contribution in [2.45, 2.75) is 37.6 Å². The molecule has 0 aromatic heterocycles. The van der Waals surface area contributed by atoms with E-state index in [-0.39, 0.29) is 26.4 Å². The van der Waals surface area contributed by atoms with Crippen LogP contribution in [0.4, 0.5) is 0 Å². The number of carbonyl (C=O) groups is 1. The molecule has 0 aliphatic carbocycles. The molecule has 0 amide bonds. The van der Waals surface area contributed by atoms with Crippen LogP contribution in [0.15, 0.2) is 96.1 Å². The average Bonchev–Trinajstić information content (AvgIpc) is 3.17. The van der Waals surface area contributed by atoms with Gasteiger partial charge in [0, 0.05) is 4.91 Å². The molecule has 8 heteroatoms. The minimum atomic E-state index is -1.60. The molecule has 1 aliphatic heterocycles. The zero-order valence-corrected chi connectivity index (χ0v) is 19.2. The molecule has 0 saturated carbocycles. The number of esters is 1. The monoisotopic (exact) mass is 473 g/mol. The van der Waals surface area contributed by atoms with Crippen molar-refractivity contribution in [2.24, 2.45) is 5.11 Å². The average molecular weight is 474 g/mol. The molecular weight excluding hydrogens is 446 g/mol. The number of azide groups is 1. The van der Waals surface area contributed by atoms with Crippen LogP contribution in [0.3, 0.4) is 0 Å². The summed E-state index contributed by atoms with van der Waals surface area (Å²) in [6.45, 7) is 0.550. The quantitative estimate of drug-likeness (QED) is 0.160. The lowest BCUT2D eigenvalue weighted by Crippen LogP contribution is -2.53. The van der Waals surface area contributed by atoms with Crippen LogP contribution < -0.4 is 0 Å². The molecule has 1 saturated heterocycles. The number of hydrogen-bond acceptors (Lipinski definition) is 6. The minimum Gasteiger partial charge on any atom is -0.455 e. The highest BCUT2D eigenvalue weighted by atomic mass is 16.7. The Kier molecular flexibility index (Phi) is 8.48. The van der Waals surface area contributed by atoms with Crippen LogP contribution >= 0.6 is 0 Å². The maximum Gasteiger partial charge on any atom is 0.341 e. The number of carbonyl (C=O) groups excluding carboxylic acids is 1. The third-order valence-corrected chi connectivity index (χ3v) is 5.78. The van der Waals surface area contributed by atoms with Crippen molar-refractivity contribution in [3.8, 4) is 0 Å². The van der Waals surface area contributed by atoms with Gasteiger partial charge in [0.2, 0.25) is 5.60 Å². The first-order valence-electron chi connectivity index (χ1n) is 11.4. The summed E-state index contributed by atoms with van der Waals surface area (Å²) in [6, 6.07) is 28.8. The van der Waals surface area contributed by atoms with Crippen molar-refractivity contribution in [1.29, 1.82) is 0 Å². The van der Waals surface area contributed by atoms with Crippen LogP contribution in [0.25, 0.3) is 10.4 Å². The molecule has 35 heavy (non-hydrogen) atoms. The van der Waals surface area contributed by atoms with E-state index < -0.39 is 23.8 Å². The molecule has 0 bridgehead atoms. The maximum atomic E-state index is 13.2. The van der Waals surface area contributed by atoms with E-state index in [9.17, 15) is 4.79 Å². The van der Waals surface area contributed by atoms with Gasteiger partial charge in [-0.25, -0.2) is 4.79 Å². The third-order valence-electron chi connectivity index (χ3n) is 5.78. The van der Waals surface area contributed by atoms with Gasteiger partial charge in [-0.15, -0.1) is 0 Å². The molecule has 180 valence electrons. The lowest BCUT2D eigenvalue weighted by atomic mass is 9.95. The largest absolute Gasteiger partial charge is 0.455 e. The van der Waals surface area contributed by atoms with E-state index in [0.717, 1.165) is 16.7 Å². The number of nitrogens with zero attached hydrogens (tertiary/aromatic N) is 3. The molecule has 3 aromatic carbocycles. The van der Waals surface area contributed by atoms with E-state index in [1.54, 1.807) is 0 Å². The lowest BCUT2D eigenvalue weighted by Gasteiger charge is -2.31. The first-order chi connectivity index (χ1) is 17.2. The summed E-state index contributed by atoms with van der Waals surface area (Å²) >= 11 is 0. The standard InChI is InChI=1S/C27H27N3O5/c28-30-29-20-27(34-18-23-14-8-3-9-15-23)25(33-17-22-12-6-2-7-13-22)24(35-26(27)31)19-32-16-21-10-4-1-5-11-21/h1-15,24-25H,16-20H2/t24-,25-,27-/m0/s1. The fraction of sp³-hybridized carbons (Fsp3) is 0.296. The van der Waals surface area contributed by atoms with Gasteiger partial charge in [0.1, 0.15) is 6.10 Å². The Hall–Kier alpha value is -3.68. The highest BCUT2D eigenvalue weighted by molar-refractivity contribution is 5.83. The van der Waals surface area contributed by atoms with Gasteiger partial charge in [-0.1, -0.05) is 96.1 Å². The van der Waals surface area contributed by atoms with Crippen molar-refractivity contribution < 1.29 is 23.7 Å². The summed E-state index contributed by atoms with van der Waals surface area (Å²) in [5.74, 6) is -0.632. The van der Waals surface area contributed by atoms with E-state index in [0.29, 0.717) is 6.61 Å². The second-order valence-corrected chi connectivity index (χ2v) is 8.21. The minimum absolute atomic E-state index is 0.104. The van der Waals surface area contributed by atoms with Crippen LogP contribution in [0.2, 0.25) is 0 Å². The molecule has 0 radical (unpaired) electrons. The van der Waals surface area contributed by atoms with Gasteiger partial charge in [-0.2, -0.15) is 0 Å². The smallest absolute Gasteiger partial charge is 0.341 e. The second-order valence-electron chi connectivity index (χ2n) is 8.21. The fourth-order valence-electron chi connectivity index (χ4n) is 3.97. The number of hydrogen-bond donors (Lipinski definition) is 0. The van der Waals surface area contributed by atoms with E-state index in [1.165, 1.54) is 0 Å². The summed E-state index contributed by atoms with van der Waals surface area (Å²) in [5.41, 5.74) is 10.2. The van der Waals surface area contributed by atoms with Crippen molar-refractivity contribution in [2.75, 3.05) is 13.2 Å². The molecule has 3 atom stereocenters. The van der Waals surface area contributed by atoms with Crippen LogP contribution in [0.5, 0.6) is 0 Å². The maximum absolute atomic E-state index is 13.2. The molecule has 1 heterocycles. The molecule has 4 rings (SSSR count). The van der Waals surface area contributed by atoms with Gasteiger partial charge in [0.15, 0.2) is 6.10 Å². The second kappa shape index (κ2) is 12.1. The molecule has 0 spiro atoms. The van der Waals surface area contributed by atoms with Crippen molar-refractivity contribution >= 4 is 5.97 Å². The van der Waals surface area contributed by atoms with Crippen molar-refractivity contribution in [1.82, 2.24) is 0 Å². The van der Waals surface area contributed by atoms with Crippen LogP contribution in [0, 0.1) is 0 Å². The van der Waals surface area contributed by atoms with E-state index >= 15 is 0 Å². The number of ether oxygens (including phenoxy) is 4. The topological polar surface area (TPSA) is 103 Å². The number of cyclic esters (lactones) is 1. The van der Waals surface area contributed by atoms with Crippen LogP contribution in [-0.2, 0) is 43.6 Å². The highest BCUT2D eigenvalue weighted by Crippen LogP contribution is 2.35. The molecule has 0 N–H and O–H groups in total. The van der Waals surface area contributed by atoms with Gasteiger partial charge in [0.25, 0.3) is 0 Å². The SMILES string of the molecule is [N-]=[N+]=NC[C@@]1(OCc2ccccc2)C(=O)O[C@@H](COCc2ccccc2)[C@@H]1OCc1ccccc1. The third kappa shape index (κ3) is 6.26. The van der Waals surface area contributed by atoms with Gasteiger partial charge < -0.3 is 18.9 Å². The van der Waals surface area contributed by atoms with Crippen LogP contribution in [0.1, 0.15) is 16.7 Å². The van der Waals surface area contributed by atoms with Crippen molar-refractivity contribution in [3.63, 3.8) is 0 Å². The summed E-state index contributed by atoms with van der Waals surface area (Å²) in [7, 11) is 0. The normalized spacial score (nSPS) is 21.3. The summed E-state index contributed by atoms with van der Waals surface area (Å²) in [4.78, 5) is 16.1. The Bertz CT molecular complexity index is 1120. The Labute approximate surface area is 204 Å². The van der Waals surface area contributed by atoms with Gasteiger partial charge in [0.05, 0.1) is 33.0 Å². The van der Waals surface area contributed by atoms with E-state index in [4.69, 9.17) is 24.5 Å². The predicted octanol–water partition coefficient (Wildman–Crippen LogP) is 4.98. The molecular formula is C27H27N3O5. The molecule has 8 nitrogen and oxygen atoms in total. The molecule has 1 aliphatic rings. The van der Waals surface area contributed by atoms with E-state index in [1.807, 2.05) is 91.0 Å². The zero-order valence-electron chi connectivity index (χ0n) is 19.2. The molecule has 0 unspecified atom stereocenters. The molecule has 3 aromatic rings. The van der Waals surface area contributed by atoms with E-state index in [2.05, 4.69) is 10.0 Å². The lowest BCUT2D eigenvalue weighted by molar-refractivity contribution is -0.169.